The van der Waals surface area contributed by atoms with Crippen LogP contribution in [-0.2, 0) is 6.61 Å². The molecule has 6 heteroatoms. The Bertz CT molecular complexity index is 1230. The fourth-order valence-corrected chi connectivity index (χ4v) is 3.29. The van der Waals surface area contributed by atoms with Gasteiger partial charge in [-0.1, -0.05) is 35.5 Å². The van der Waals surface area contributed by atoms with E-state index in [0.29, 0.717) is 22.8 Å². The van der Waals surface area contributed by atoms with Crippen LogP contribution < -0.4 is 10.1 Å². The van der Waals surface area contributed by atoms with Gasteiger partial charge in [0.2, 0.25) is 0 Å². The summed E-state index contributed by atoms with van der Waals surface area (Å²) in [6, 6.07) is 15.6. The molecule has 0 fully saturated rings. The van der Waals surface area contributed by atoms with Gasteiger partial charge in [0.15, 0.2) is 0 Å². The number of hydrogen-bond acceptors (Lipinski definition) is 4. The molecule has 0 unspecified atom stereocenters. The standard InChI is InChI=1S/C24H21FN2O3/c1-14-8-9-19(25)12-22(14)26-24(28)20-10-17-6-4-5-7-18(17)11-23(20)29-13-21-15(2)27-30-16(21)3/h4-12H,13H2,1-3H3,(H,26,28). The maximum absolute atomic E-state index is 13.7. The van der Waals surface area contributed by atoms with Gasteiger partial charge in [-0.15, -0.1) is 0 Å². The number of halogens is 1. The van der Waals surface area contributed by atoms with Crippen LogP contribution in [0.2, 0.25) is 0 Å². The lowest BCUT2D eigenvalue weighted by Crippen LogP contribution is -2.15. The third-order valence-electron chi connectivity index (χ3n) is 5.09. The van der Waals surface area contributed by atoms with Crippen LogP contribution in [0.1, 0.15) is 32.9 Å². The molecule has 4 rings (SSSR count). The van der Waals surface area contributed by atoms with E-state index in [1.54, 1.807) is 12.1 Å². The van der Waals surface area contributed by atoms with Crippen LogP contribution in [0.15, 0.2) is 59.1 Å². The van der Waals surface area contributed by atoms with Crippen LogP contribution in [0, 0.1) is 26.6 Å². The number of nitrogens with zero attached hydrogens (tertiary/aromatic N) is 1. The minimum Gasteiger partial charge on any atom is -0.488 e. The highest BCUT2D eigenvalue weighted by Crippen LogP contribution is 2.29. The van der Waals surface area contributed by atoms with Gasteiger partial charge in [0, 0.05) is 5.69 Å². The average molecular weight is 404 g/mol. The van der Waals surface area contributed by atoms with Gasteiger partial charge in [0.05, 0.1) is 16.8 Å². The molecule has 0 atom stereocenters. The number of anilines is 1. The van der Waals surface area contributed by atoms with E-state index < -0.39 is 5.82 Å². The van der Waals surface area contributed by atoms with Crippen LogP contribution in [0.25, 0.3) is 10.8 Å². The van der Waals surface area contributed by atoms with Crippen molar-refractivity contribution in [1.29, 1.82) is 0 Å². The molecule has 0 aliphatic carbocycles. The van der Waals surface area contributed by atoms with E-state index in [2.05, 4.69) is 10.5 Å². The largest absolute Gasteiger partial charge is 0.488 e. The molecule has 0 aliphatic rings. The first-order valence-electron chi connectivity index (χ1n) is 9.57. The molecule has 1 heterocycles. The number of amides is 1. The van der Waals surface area contributed by atoms with Crippen molar-refractivity contribution in [2.75, 3.05) is 5.32 Å². The van der Waals surface area contributed by atoms with Crippen LogP contribution in [0.4, 0.5) is 10.1 Å². The van der Waals surface area contributed by atoms with Crippen LogP contribution >= 0.6 is 0 Å². The first-order chi connectivity index (χ1) is 14.4. The molecular formula is C24H21FN2O3. The molecule has 5 nitrogen and oxygen atoms in total. The number of hydrogen-bond donors (Lipinski definition) is 1. The number of fused-ring (bicyclic) bond motifs is 1. The minimum atomic E-state index is -0.413. The molecule has 0 radical (unpaired) electrons. The summed E-state index contributed by atoms with van der Waals surface area (Å²) in [6.07, 6.45) is 0. The molecule has 0 bridgehead atoms. The maximum Gasteiger partial charge on any atom is 0.259 e. The fourth-order valence-electron chi connectivity index (χ4n) is 3.29. The summed E-state index contributed by atoms with van der Waals surface area (Å²) in [5.41, 5.74) is 3.14. The zero-order valence-electron chi connectivity index (χ0n) is 17.0. The number of ether oxygens (including phenoxy) is 1. The van der Waals surface area contributed by atoms with Gasteiger partial charge in [-0.05, 0) is 61.4 Å². The molecule has 1 aromatic heterocycles. The molecule has 4 aromatic rings. The van der Waals surface area contributed by atoms with Crippen LogP contribution in [0.3, 0.4) is 0 Å². The summed E-state index contributed by atoms with van der Waals surface area (Å²) >= 11 is 0. The van der Waals surface area contributed by atoms with E-state index in [-0.39, 0.29) is 12.5 Å². The molecule has 152 valence electrons. The lowest BCUT2D eigenvalue weighted by atomic mass is 10.0. The second kappa shape index (κ2) is 7.99. The number of aromatic nitrogens is 1. The summed E-state index contributed by atoms with van der Waals surface area (Å²) in [4.78, 5) is 13.1. The van der Waals surface area contributed by atoms with Crippen molar-refractivity contribution in [2.24, 2.45) is 0 Å². The summed E-state index contributed by atoms with van der Waals surface area (Å²) in [5, 5.41) is 8.59. The Morgan fingerprint density at radius 2 is 1.80 bits per heavy atom. The summed E-state index contributed by atoms with van der Waals surface area (Å²) in [7, 11) is 0. The van der Waals surface area contributed by atoms with Crippen molar-refractivity contribution >= 4 is 22.4 Å². The number of rotatable bonds is 5. The van der Waals surface area contributed by atoms with Crippen molar-refractivity contribution in [2.45, 2.75) is 27.4 Å². The van der Waals surface area contributed by atoms with Crippen LogP contribution in [-0.4, -0.2) is 11.1 Å². The lowest BCUT2D eigenvalue weighted by molar-refractivity contribution is 0.102. The highest BCUT2D eigenvalue weighted by atomic mass is 19.1. The molecule has 3 aromatic carbocycles. The molecule has 0 spiro atoms. The Balaban J connectivity index is 1.70. The quantitative estimate of drug-likeness (QED) is 0.462. The highest BCUT2D eigenvalue weighted by Gasteiger charge is 2.17. The predicted molar refractivity (Wildman–Crippen MR) is 113 cm³/mol. The fraction of sp³-hybridized carbons (Fsp3) is 0.167. The van der Waals surface area contributed by atoms with Gasteiger partial charge in [0.25, 0.3) is 5.91 Å². The smallest absolute Gasteiger partial charge is 0.259 e. The van der Waals surface area contributed by atoms with E-state index in [1.807, 2.05) is 51.1 Å². The second-order valence-corrected chi connectivity index (χ2v) is 7.20. The average Bonchev–Trinajstić information content (AvgIpc) is 3.05. The van der Waals surface area contributed by atoms with Gasteiger partial charge in [-0.25, -0.2) is 4.39 Å². The third-order valence-corrected chi connectivity index (χ3v) is 5.09. The number of aryl methyl sites for hydroxylation is 3. The molecular weight excluding hydrogens is 383 g/mol. The second-order valence-electron chi connectivity index (χ2n) is 7.20. The molecule has 0 aliphatic heterocycles. The Hall–Kier alpha value is -3.67. The topological polar surface area (TPSA) is 64.4 Å². The highest BCUT2D eigenvalue weighted by molar-refractivity contribution is 6.09. The summed E-state index contributed by atoms with van der Waals surface area (Å²) in [6.45, 7) is 5.69. The van der Waals surface area contributed by atoms with Gasteiger partial charge in [-0.2, -0.15) is 0 Å². The normalized spacial score (nSPS) is 10.9. The van der Waals surface area contributed by atoms with E-state index in [0.717, 1.165) is 27.6 Å². The van der Waals surface area contributed by atoms with Crippen molar-refractivity contribution in [3.63, 3.8) is 0 Å². The van der Waals surface area contributed by atoms with E-state index in [1.165, 1.54) is 12.1 Å². The Kier molecular flexibility index (Phi) is 5.23. The number of benzene rings is 3. The SMILES string of the molecule is Cc1ccc(F)cc1NC(=O)c1cc2ccccc2cc1OCc1c(C)noc1C. The first kappa shape index (κ1) is 19.6. The monoisotopic (exact) mass is 404 g/mol. The number of carbonyl (C=O) groups is 1. The molecule has 0 saturated carbocycles. The van der Waals surface area contributed by atoms with Crippen molar-refractivity contribution in [3.05, 3.63) is 88.6 Å². The van der Waals surface area contributed by atoms with Gasteiger partial charge >= 0.3 is 0 Å². The van der Waals surface area contributed by atoms with Gasteiger partial charge in [0.1, 0.15) is 23.9 Å². The Morgan fingerprint density at radius 1 is 1.07 bits per heavy atom. The summed E-state index contributed by atoms with van der Waals surface area (Å²) < 4.78 is 24.9. The zero-order valence-corrected chi connectivity index (χ0v) is 17.0. The van der Waals surface area contributed by atoms with Crippen molar-refractivity contribution in [3.8, 4) is 5.75 Å². The van der Waals surface area contributed by atoms with Crippen LogP contribution in [0.5, 0.6) is 5.75 Å². The zero-order chi connectivity index (χ0) is 21.3. The van der Waals surface area contributed by atoms with Crippen molar-refractivity contribution in [1.82, 2.24) is 5.16 Å². The Morgan fingerprint density at radius 3 is 2.50 bits per heavy atom. The number of nitrogens with one attached hydrogen (secondary N) is 1. The van der Waals surface area contributed by atoms with Gasteiger partial charge < -0.3 is 14.6 Å². The third kappa shape index (κ3) is 3.89. The first-order valence-corrected chi connectivity index (χ1v) is 9.57. The molecule has 30 heavy (non-hydrogen) atoms. The minimum absolute atomic E-state index is 0.221. The van der Waals surface area contributed by atoms with E-state index in [9.17, 15) is 9.18 Å². The number of carbonyl (C=O) groups excluding carboxylic acids is 1. The summed E-state index contributed by atoms with van der Waals surface area (Å²) in [5.74, 6) is 0.322. The lowest BCUT2D eigenvalue weighted by Gasteiger charge is -2.14. The van der Waals surface area contributed by atoms with Crippen molar-refractivity contribution < 1.29 is 18.4 Å². The van der Waals surface area contributed by atoms with E-state index >= 15 is 0 Å². The van der Waals surface area contributed by atoms with Gasteiger partial charge in [-0.3, -0.25) is 4.79 Å². The maximum atomic E-state index is 13.7. The van der Waals surface area contributed by atoms with E-state index in [4.69, 9.17) is 9.26 Å². The Labute approximate surface area is 173 Å². The molecule has 1 N–H and O–H groups in total. The predicted octanol–water partition coefficient (Wildman–Crippen LogP) is 5.72. The molecule has 0 saturated heterocycles. The molecule has 1 amide bonds.